The molecule has 3 fully saturated rings. The topological polar surface area (TPSA) is 185 Å². The van der Waals surface area contributed by atoms with Crippen LogP contribution in [-0.2, 0) is 24.0 Å². The molecule has 14 nitrogen and oxygen atoms in total. The summed E-state index contributed by atoms with van der Waals surface area (Å²) in [5, 5.41) is 12.0. The standard InChI is InChI=1S/C40H51ClFN7O7/c1-5-10-27(32(50)37(53)44-24-16-17-24)45-35(51)29-19-25(55-30-18-15-23(41)20-43-30)21-49(29)38(54)34(40(2,3)4)48-36(52)31(22-11-7-6-8-12-22)47-39-46-28-14-9-13-26(42)33(28)56-39/h9,13-15,18,20,22,24-25,27,29,31,34H,5-8,10-12,16-17,19,21H2,1-4H3,(H,44,53)(H,45,51)(H,46,47)(H,48,52)/t25?,27?,29?,31-,34?/m0/s1. The van der Waals surface area contributed by atoms with E-state index in [-0.39, 0.29) is 48.8 Å². The van der Waals surface area contributed by atoms with Crippen molar-refractivity contribution in [2.75, 3.05) is 11.9 Å². The molecule has 0 bridgehead atoms. The predicted octanol–water partition coefficient (Wildman–Crippen LogP) is 5.09. The molecule has 3 aliphatic rings. The lowest BCUT2D eigenvalue weighted by atomic mass is 9.82. The van der Waals surface area contributed by atoms with Crippen molar-refractivity contribution < 1.29 is 37.5 Å². The molecule has 5 atom stereocenters. The number of ether oxygens (including phenoxy) is 1. The number of carbonyl (C=O) groups is 5. The van der Waals surface area contributed by atoms with Crippen molar-refractivity contribution in [2.24, 2.45) is 11.3 Å². The van der Waals surface area contributed by atoms with Gasteiger partial charge in [0.25, 0.3) is 11.9 Å². The lowest BCUT2D eigenvalue weighted by molar-refractivity contribution is -0.145. The summed E-state index contributed by atoms with van der Waals surface area (Å²) in [5.74, 6) is -3.58. The SMILES string of the molecule is CCCC(NC(=O)C1CC(Oc2ccc(Cl)cn2)CN1C(=O)C(NC(=O)[C@@H](Nc1nc2cccc(F)c2o1)C1CCCCC1)C(C)(C)C)C(=O)C(=O)NC1CC1. The molecule has 0 spiro atoms. The number of likely N-dealkylation sites (tertiary alicyclic amines) is 1. The monoisotopic (exact) mass is 795 g/mol. The first-order valence-corrected chi connectivity index (χ1v) is 19.9. The van der Waals surface area contributed by atoms with Gasteiger partial charge in [0, 0.05) is 24.7 Å². The number of ketones is 1. The molecule has 302 valence electrons. The third kappa shape index (κ3) is 9.95. The fourth-order valence-corrected chi connectivity index (χ4v) is 7.58. The summed E-state index contributed by atoms with van der Waals surface area (Å²) in [7, 11) is 0. The number of nitrogens with zero attached hydrogens (tertiary/aromatic N) is 3. The summed E-state index contributed by atoms with van der Waals surface area (Å²) in [6.07, 6.45) is 7.48. The van der Waals surface area contributed by atoms with Crippen LogP contribution in [0.15, 0.2) is 40.9 Å². The fourth-order valence-electron chi connectivity index (χ4n) is 7.47. The van der Waals surface area contributed by atoms with Crippen molar-refractivity contribution in [1.29, 1.82) is 0 Å². The van der Waals surface area contributed by atoms with E-state index in [0.29, 0.717) is 17.0 Å². The highest BCUT2D eigenvalue weighted by Gasteiger charge is 2.47. The van der Waals surface area contributed by atoms with E-state index in [1.807, 2.05) is 27.7 Å². The highest BCUT2D eigenvalue weighted by atomic mass is 35.5. The summed E-state index contributed by atoms with van der Waals surface area (Å²) >= 11 is 6.03. The van der Waals surface area contributed by atoms with Gasteiger partial charge in [0.15, 0.2) is 11.4 Å². The Balaban J connectivity index is 1.25. The summed E-state index contributed by atoms with van der Waals surface area (Å²) in [5.41, 5.74) is -0.575. The van der Waals surface area contributed by atoms with Crippen molar-refractivity contribution in [1.82, 2.24) is 30.8 Å². The number of benzene rings is 1. The van der Waals surface area contributed by atoms with Gasteiger partial charge in [-0.25, -0.2) is 9.37 Å². The average Bonchev–Trinajstić information content (AvgIpc) is 3.71. The largest absolute Gasteiger partial charge is 0.472 e. The third-order valence-corrected chi connectivity index (χ3v) is 10.9. The van der Waals surface area contributed by atoms with Gasteiger partial charge in [0.2, 0.25) is 29.4 Å². The molecule has 0 radical (unpaired) electrons. The second-order valence-electron chi connectivity index (χ2n) is 16.2. The zero-order valence-electron chi connectivity index (χ0n) is 32.2. The number of hydrogen-bond donors (Lipinski definition) is 4. The zero-order chi connectivity index (χ0) is 40.1. The van der Waals surface area contributed by atoms with Gasteiger partial charge < -0.3 is 35.3 Å². The molecule has 4 N–H and O–H groups in total. The number of nitrogens with one attached hydrogen (secondary N) is 4. The highest BCUT2D eigenvalue weighted by Crippen LogP contribution is 2.32. The summed E-state index contributed by atoms with van der Waals surface area (Å²) in [6, 6.07) is 3.36. The number of para-hydroxylation sites is 1. The quantitative estimate of drug-likeness (QED) is 0.151. The van der Waals surface area contributed by atoms with E-state index in [1.54, 1.807) is 18.2 Å². The van der Waals surface area contributed by atoms with E-state index in [1.165, 1.54) is 23.2 Å². The van der Waals surface area contributed by atoms with Gasteiger partial charge >= 0.3 is 0 Å². The summed E-state index contributed by atoms with van der Waals surface area (Å²) in [6.45, 7) is 7.25. The van der Waals surface area contributed by atoms with Crippen LogP contribution >= 0.6 is 11.6 Å². The van der Waals surface area contributed by atoms with E-state index >= 15 is 0 Å². The number of rotatable bonds is 15. The smallest absolute Gasteiger partial charge is 0.296 e. The first-order chi connectivity index (χ1) is 26.7. The number of anilines is 1. The Kier molecular flexibility index (Phi) is 12.8. The number of pyridine rings is 1. The number of halogens is 2. The van der Waals surface area contributed by atoms with Crippen molar-refractivity contribution in [3.05, 3.63) is 47.4 Å². The van der Waals surface area contributed by atoms with Crippen LogP contribution in [0.2, 0.25) is 5.02 Å². The minimum absolute atomic E-state index is 0.0106. The van der Waals surface area contributed by atoms with Crippen LogP contribution in [0.4, 0.5) is 10.4 Å². The zero-order valence-corrected chi connectivity index (χ0v) is 33.0. The maximum absolute atomic E-state index is 14.8. The molecule has 1 saturated heterocycles. The molecular formula is C40H51ClFN7O7. The molecule has 56 heavy (non-hydrogen) atoms. The van der Waals surface area contributed by atoms with Crippen LogP contribution in [0.5, 0.6) is 5.88 Å². The Morgan fingerprint density at radius 1 is 1.04 bits per heavy atom. The van der Waals surface area contributed by atoms with Crippen LogP contribution in [0.25, 0.3) is 11.1 Å². The minimum atomic E-state index is -1.12. The van der Waals surface area contributed by atoms with E-state index in [0.717, 1.165) is 44.9 Å². The van der Waals surface area contributed by atoms with Crippen molar-refractivity contribution in [3.63, 3.8) is 0 Å². The number of hydrogen-bond acceptors (Lipinski definition) is 10. The highest BCUT2D eigenvalue weighted by molar-refractivity contribution is 6.38. The van der Waals surface area contributed by atoms with Crippen LogP contribution < -0.4 is 26.0 Å². The number of amides is 4. The lowest BCUT2D eigenvalue weighted by Gasteiger charge is -2.37. The van der Waals surface area contributed by atoms with Gasteiger partial charge in [-0.15, -0.1) is 0 Å². The van der Waals surface area contributed by atoms with Gasteiger partial charge in [0.1, 0.15) is 29.7 Å². The molecule has 16 heteroatoms. The maximum Gasteiger partial charge on any atom is 0.296 e. The molecule has 4 unspecified atom stereocenters. The Morgan fingerprint density at radius 3 is 2.43 bits per heavy atom. The molecule has 1 aromatic carbocycles. The second-order valence-corrected chi connectivity index (χ2v) is 16.6. The molecule has 3 aromatic rings. The van der Waals surface area contributed by atoms with Gasteiger partial charge in [-0.2, -0.15) is 4.98 Å². The van der Waals surface area contributed by atoms with Crippen molar-refractivity contribution >= 4 is 58.1 Å². The van der Waals surface area contributed by atoms with Crippen molar-refractivity contribution in [3.8, 4) is 5.88 Å². The number of Topliss-reactive ketones (excluding diaryl/α,β-unsaturated/α-hetero) is 1. The average molecular weight is 796 g/mol. The van der Waals surface area contributed by atoms with Gasteiger partial charge in [-0.3, -0.25) is 24.0 Å². The Hall–Kier alpha value is -4.79. The molecule has 3 heterocycles. The van der Waals surface area contributed by atoms with E-state index in [9.17, 15) is 28.4 Å². The first kappa shape index (κ1) is 40.9. The van der Waals surface area contributed by atoms with E-state index < -0.39 is 70.9 Å². The number of fused-ring (bicyclic) bond motifs is 1. The summed E-state index contributed by atoms with van der Waals surface area (Å²) < 4.78 is 26.3. The van der Waals surface area contributed by atoms with E-state index in [4.69, 9.17) is 20.8 Å². The molecule has 2 aromatic heterocycles. The van der Waals surface area contributed by atoms with Crippen LogP contribution in [0, 0.1) is 17.2 Å². The Bertz CT molecular complexity index is 1910. The van der Waals surface area contributed by atoms with Gasteiger partial charge in [0.05, 0.1) is 17.6 Å². The summed E-state index contributed by atoms with van der Waals surface area (Å²) in [4.78, 5) is 79.2. The van der Waals surface area contributed by atoms with Crippen LogP contribution in [-0.4, -0.2) is 87.1 Å². The maximum atomic E-state index is 14.8. The van der Waals surface area contributed by atoms with Crippen molar-refractivity contribution in [2.45, 2.75) is 128 Å². The molecule has 2 saturated carbocycles. The van der Waals surface area contributed by atoms with Gasteiger partial charge in [-0.1, -0.05) is 71.0 Å². The molecule has 2 aliphatic carbocycles. The Labute approximate surface area is 330 Å². The molecule has 6 rings (SSSR count). The Morgan fingerprint density at radius 2 is 1.79 bits per heavy atom. The fraction of sp³-hybridized carbons (Fsp3) is 0.575. The molecule has 4 amide bonds. The normalized spacial score (nSPS) is 20.5. The lowest BCUT2D eigenvalue weighted by Crippen LogP contribution is -2.61. The second kappa shape index (κ2) is 17.6. The molecular weight excluding hydrogens is 745 g/mol. The first-order valence-electron chi connectivity index (χ1n) is 19.6. The predicted molar refractivity (Wildman–Crippen MR) is 206 cm³/mol. The van der Waals surface area contributed by atoms with E-state index in [2.05, 4.69) is 31.2 Å². The van der Waals surface area contributed by atoms with Crippen LogP contribution in [0.3, 0.4) is 0 Å². The van der Waals surface area contributed by atoms with Crippen LogP contribution in [0.1, 0.15) is 91.9 Å². The minimum Gasteiger partial charge on any atom is -0.472 e. The number of oxazole rings is 1. The number of carbonyl (C=O) groups excluding carboxylic acids is 5. The molecule has 1 aliphatic heterocycles. The number of aromatic nitrogens is 2. The third-order valence-electron chi connectivity index (χ3n) is 10.6. The van der Waals surface area contributed by atoms with Gasteiger partial charge in [-0.05, 0) is 61.6 Å².